The zero-order valence-electron chi connectivity index (χ0n) is 17.9. The van der Waals surface area contributed by atoms with Gasteiger partial charge in [0.15, 0.2) is 0 Å². The summed E-state index contributed by atoms with van der Waals surface area (Å²) >= 11 is 0. The van der Waals surface area contributed by atoms with Crippen LogP contribution in [0.2, 0.25) is 0 Å². The summed E-state index contributed by atoms with van der Waals surface area (Å²) in [6.07, 6.45) is 5.19. The first-order valence-electron chi connectivity index (χ1n) is 10.7. The zero-order chi connectivity index (χ0) is 21.3. The Morgan fingerprint density at radius 3 is 2.67 bits per heavy atom. The molecule has 1 aliphatic rings. The number of nitrogens with one attached hydrogen (secondary N) is 2. The Kier molecular flexibility index (Phi) is 8.37. The molecule has 0 bridgehead atoms. The number of hydrogen-bond donors (Lipinski definition) is 2. The maximum atomic E-state index is 13.4. The van der Waals surface area contributed by atoms with E-state index in [9.17, 15) is 9.18 Å². The number of rotatable bonds is 10. The normalized spacial score (nSPS) is 18.5. The summed E-state index contributed by atoms with van der Waals surface area (Å²) in [7, 11) is 3.52. The molecule has 1 amide bonds. The van der Waals surface area contributed by atoms with Gasteiger partial charge in [0.05, 0.1) is 6.61 Å². The summed E-state index contributed by atoms with van der Waals surface area (Å²) in [6.45, 7) is 1.31. The smallest absolute Gasteiger partial charge is 0.253 e. The van der Waals surface area contributed by atoms with Crippen LogP contribution in [0.15, 0.2) is 48.5 Å². The maximum absolute atomic E-state index is 13.4. The molecule has 6 heteroatoms. The predicted octanol–water partition coefficient (Wildman–Crippen LogP) is 4.21. The molecule has 0 aliphatic carbocycles. The van der Waals surface area contributed by atoms with Gasteiger partial charge in [-0.05, 0) is 54.7 Å². The molecule has 1 fully saturated rings. The number of benzene rings is 2. The lowest BCUT2D eigenvalue weighted by Gasteiger charge is -2.17. The number of nitrogens with zero attached hydrogens (tertiary/aromatic N) is 1. The minimum Gasteiger partial charge on any atom is -0.380 e. The van der Waals surface area contributed by atoms with Crippen molar-refractivity contribution in [2.24, 2.45) is 0 Å². The van der Waals surface area contributed by atoms with E-state index in [2.05, 4.69) is 10.9 Å². The Balaban J connectivity index is 1.32. The maximum Gasteiger partial charge on any atom is 0.253 e. The van der Waals surface area contributed by atoms with Crippen LogP contribution in [0.4, 0.5) is 4.39 Å². The highest BCUT2D eigenvalue weighted by Crippen LogP contribution is 2.25. The molecule has 1 saturated heterocycles. The fraction of sp³-hybridized carbons (Fsp3) is 0.458. The number of ether oxygens (including phenoxy) is 1. The highest BCUT2D eigenvalue weighted by Gasteiger charge is 2.24. The van der Waals surface area contributed by atoms with Gasteiger partial charge in [0, 0.05) is 38.3 Å². The molecule has 0 saturated carbocycles. The average Bonchev–Trinajstić information content (AvgIpc) is 3.23. The van der Waals surface area contributed by atoms with E-state index in [0.717, 1.165) is 49.8 Å². The van der Waals surface area contributed by atoms with E-state index in [1.807, 2.05) is 37.4 Å². The number of carbonyl (C=O) groups is 1. The summed E-state index contributed by atoms with van der Waals surface area (Å²) in [4.78, 5) is 14.3. The Morgan fingerprint density at radius 2 is 1.93 bits per heavy atom. The Labute approximate surface area is 178 Å². The summed E-state index contributed by atoms with van der Waals surface area (Å²) in [5.41, 5.74) is 9.37. The second-order valence-corrected chi connectivity index (χ2v) is 8.03. The number of halogens is 1. The number of hydrazine groups is 1. The van der Waals surface area contributed by atoms with Gasteiger partial charge >= 0.3 is 0 Å². The van der Waals surface area contributed by atoms with Crippen LogP contribution in [-0.2, 0) is 11.3 Å². The van der Waals surface area contributed by atoms with Crippen LogP contribution in [0, 0.1) is 5.82 Å². The lowest BCUT2D eigenvalue weighted by atomic mass is 9.99. The van der Waals surface area contributed by atoms with Crippen molar-refractivity contribution in [1.82, 2.24) is 15.8 Å². The van der Waals surface area contributed by atoms with Crippen molar-refractivity contribution in [2.45, 2.75) is 50.8 Å². The van der Waals surface area contributed by atoms with Gasteiger partial charge in [0.2, 0.25) is 0 Å². The Hall–Kier alpha value is -2.28. The van der Waals surface area contributed by atoms with Crippen LogP contribution in [0.3, 0.4) is 0 Å². The Bertz CT molecular complexity index is 812. The summed E-state index contributed by atoms with van der Waals surface area (Å²) in [6, 6.07) is 14.9. The van der Waals surface area contributed by atoms with Crippen LogP contribution in [0.1, 0.15) is 59.6 Å². The van der Waals surface area contributed by atoms with Gasteiger partial charge in [-0.15, -0.1) is 0 Å². The fourth-order valence-corrected chi connectivity index (χ4v) is 3.90. The van der Waals surface area contributed by atoms with Gasteiger partial charge in [-0.25, -0.2) is 4.39 Å². The zero-order valence-corrected chi connectivity index (χ0v) is 17.9. The number of unbranched alkanes of at least 4 members (excludes halogenated alkanes) is 2. The van der Waals surface area contributed by atoms with Crippen molar-refractivity contribution >= 4 is 5.91 Å². The van der Waals surface area contributed by atoms with Crippen molar-refractivity contribution in [3.05, 3.63) is 71.0 Å². The molecular formula is C24H32FN3O2. The molecule has 2 aromatic rings. The lowest BCUT2D eigenvalue weighted by molar-refractivity contribution is 0.0792. The monoisotopic (exact) mass is 413 g/mol. The second kappa shape index (κ2) is 11.2. The fourth-order valence-electron chi connectivity index (χ4n) is 3.90. The van der Waals surface area contributed by atoms with Crippen LogP contribution >= 0.6 is 0 Å². The first kappa shape index (κ1) is 22.4. The van der Waals surface area contributed by atoms with E-state index in [4.69, 9.17) is 4.74 Å². The number of hydrogen-bond acceptors (Lipinski definition) is 4. The SMILES string of the molecule is COCc1ccc(C(=O)N(C)CCCCCC2CC(c3cccc(F)c3)NN2)cc1. The highest BCUT2D eigenvalue weighted by atomic mass is 19.1. The van der Waals surface area contributed by atoms with E-state index in [0.29, 0.717) is 18.2 Å². The molecule has 2 aromatic carbocycles. The van der Waals surface area contributed by atoms with E-state index in [-0.39, 0.29) is 17.8 Å². The minimum atomic E-state index is -0.192. The van der Waals surface area contributed by atoms with Crippen LogP contribution in [-0.4, -0.2) is 37.6 Å². The third-order valence-corrected chi connectivity index (χ3v) is 5.64. The molecule has 162 valence electrons. The summed E-state index contributed by atoms with van der Waals surface area (Å²) in [5, 5.41) is 0. The molecule has 1 heterocycles. The number of amides is 1. The van der Waals surface area contributed by atoms with E-state index in [1.54, 1.807) is 24.1 Å². The second-order valence-electron chi connectivity index (χ2n) is 8.03. The number of methoxy groups -OCH3 is 1. The van der Waals surface area contributed by atoms with Crippen LogP contribution in [0.5, 0.6) is 0 Å². The van der Waals surface area contributed by atoms with Crippen molar-refractivity contribution in [2.75, 3.05) is 20.7 Å². The third-order valence-electron chi connectivity index (χ3n) is 5.64. The van der Waals surface area contributed by atoms with Crippen LogP contribution in [0.25, 0.3) is 0 Å². The van der Waals surface area contributed by atoms with E-state index >= 15 is 0 Å². The molecule has 3 rings (SSSR count). The highest BCUT2D eigenvalue weighted by molar-refractivity contribution is 5.94. The number of carbonyl (C=O) groups excluding carboxylic acids is 1. The quantitative estimate of drug-likeness (QED) is 0.573. The molecule has 5 nitrogen and oxygen atoms in total. The topological polar surface area (TPSA) is 53.6 Å². The lowest BCUT2D eigenvalue weighted by Crippen LogP contribution is -2.30. The Morgan fingerprint density at radius 1 is 1.13 bits per heavy atom. The molecule has 30 heavy (non-hydrogen) atoms. The van der Waals surface area contributed by atoms with Gasteiger partial charge in [-0.2, -0.15) is 0 Å². The minimum absolute atomic E-state index is 0.0542. The average molecular weight is 414 g/mol. The molecule has 2 unspecified atom stereocenters. The van der Waals surface area contributed by atoms with Gasteiger partial charge in [0.25, 0.3) is 5.91 Å². The molecule has 2 N–H and O–H groups in total. The van der Waals surface area contributed by atoms with Crippen molar-refractivity contribution in [1.29, 1.82) is 0 Å². The predicted molar refractivity (Wildman–Crippen MR) is 116 cm³/mol. The van der Waals surface area contributed by atoms with E-state index in [1.165, 1.54) is 6.07 Å². The third kappa shape index (κ3) is 6.36. The largest absolute Gasteiger partial charge is 0.380 e. The van der Waals surface area contributed by atoms with E-state index < -0.39 is 0 Å². The molecule has 2 atom stereocenters. The van der Waals surface area contributed by atoms with Gasteiger partial charge < -0.3 is 9.64 Å². The molecular weight excluding hydrogens is 381 g/mol. The summed E-state index contributed by atoms with van der Waals surface area (Å²) in [5.74, 6) is -0.138. The van der Waals surface area contributed by atoms with Crippen molar-refractivity contribution in [3.63, 3.8) is 0 Å². The first-order valence-corrected chi connectivity index (χ1v) is 10.7. The van der Waals surface area contributed by atoms with Crippen molar-refractivity contribution in [3.8, 4) is 0 Å². The van der Waals surface area contributed by atoms with Crippen molar-refractivity contribution < 1.29 is 13.9 Å². The van der Waals surface area contributed by atoms with Gasteiger partial charge in [-0.3, -0.25) is 15.6 Å². The molecule has 0 radical (unpaired) electrons. The summed E-state index contributed by atoms with van der Waals surface area (Å²) < 4.78 is 18.5. The van der Waals surface area contributed by atoms with Crippen LogP contribution < -0.4 is 10.9 Å². The standard InChI is InChI=1S/C24H32FN3O2/c1-28(24(29)19-12-10-18(11-13-19)17-30-2)14-5-3-4-9-22-16-23(27-26-22)20-7-6-8-21(25)15-20/h6-8,10-13,15,22-23,26-27H,3-5,9,14,16-17H2,1-2H3. The van der Waals surface area contributed by atoms with Gasteiger partial charge in [0.1, 0.15) is 5.82 Å². The van der Waals surface area contributed by atoms with Gasteiger partial charge in [-0.1, -0.05) is 37.1 Å². The first-order chi connectivity index (χ1) is 14.6. The molecule has 0 spiro atoms. The molecule has 1 aliphatic heterocycles. The molecule has 0 aromatic heterocycles.